The van der Waals surface area contributed by atoms with Gasteiger partial charge in [0.1, 0.15) is 12.4 Å². The average molecular weight is 579 g/mol. The first-order valence-corrected chi connectivity index (χ1v) is 15.1. The van der Waals surface area contributed by atoms with Crippen LogP contribution >= 0.6 is 23.2 Å². The normalized spacial score (nSPS) is 17.2. The number of nitrogens with zero attached hydrogens (tertiary/aromatic N) is 2. The van der Waals surface area contributed by atoms with Gasteiger partial charge in [-0.1, -0.05) is 29.3 Å². The van der Waals surface area contributed by atoms with E-state index in [0.717, 1.165) is 4.31 Å². The molecule has 0 radical (unpaired) electrons. The molecule has 0 aromatic heterocycles. The van der Waals surface area contributed by atoms with E-state index in [-0.39, 0.29) is 41.3 Å². The van der Waals surface area contributed by atoms with Crippen LogP contribution < -0.4 is 10.1 Å². The number of nitrogens with one attached hydrogen (secondary N) is 1. The van der Waals surface area contributed by atoms with Crippen LogP contribution in [0.3, 0.4) is 0 Å². The Hall–Kier alpha value is -1.89. The Morgan fingerprint density at radius 3 is 2.44 bits per heavy atom. The van der Waals surface area contributed by atoms with Crippen molar-refractivity contribution in [2.24, 2.45) is 5.92 Å². The van der Waals surface area contributed by atoms with E-state index in [1.165, 1.54) is 36.6 Å². The van der Waals surface area contributed by atoms with Gasteiger partial charge in [0.05, 0.1) is 23.1 Å². The molecular weight excluding hydrogens is 549 g/mol. The van der Waals surface area contributed by atoms with Gasteiger partial charge in [0.2, 0.25) is 26.0 Å². The third kappa shape index (κ3) is 7.33. The summed E-state index contributed by atoms with van der Waals surface area (Å²) in [6.45, 7) is 0.845. The smallest absolute Gasteiger partial charge is 0.242 e. The summed E-state index contributed by atoms with van der Waals surface area (Å²) >= 11 is 12.0. The molecule has 1 fully saturated rings. The molecule has 0 spiro atoms. The molecule has 1 atom stereocenters. The van der Waals surface area contributed by atoms with Crippen LogP contribution in [0.1, 0.15) is 18.4 Å². The third-order valence-corrected chi connectivity index (χ3v) is 9.98. The second kappa shape index (κ2) is 12.1. The van der Waals surface area contributed by atoms with Crippen LogP contribution in [0.2, 0.25) is 10.0 Å². The van der Waals surface area contributed by atoms with E-state index in [0.29, 0.717) is 35.7 Å². The fourth-order valence-corrected chi connectivity index (χ4v) is 6.84. The van der Waals surface area contributed by atoms with Gasteiger partial charge in [-0.15, -0.1) is 0 Å². The van der Waals surface area contributed by atoms with Gasteiger partial charge in [0.15, 0.2) is 0 Å². The maximum absolute atomic E-state index is 12.9. The van der Waals surface area contributed by atoms with Crippen LogP contribution in [0.4, 0.5) is 0 Å². The zero-order chi connectivity index (χ0) is 26.5. The first-order chi connectivity index (χ1) is 16.9. The minimum Gasteiger partial charge on any atom is -0.492 e. The van der Waals surface area contributed by atoms with Crippen molar-refractivity contribution in [3.05, 3.63) is 58.1 Å². The van der Waals surface area contributed by atoms with Crippen molar-refractivity contribution in [1.29, 1.82) is 0 Å². The molecule has 3 rings (SSSR count). The van der Waals surface area contributed by atoms with Crippen LogP contribution in [0, 0.1) is 5.92 Å². The predicted octanol–water partition coefficient (Wildman–Crippen LogP) is 2.98. The van der Waals surface area contributed by atoms with E-state index in [4.69, 9.17) is 27.9 Å². The Kier molecular flexibility index (Phi) is 9.64. The second-order valence-corrected chi connectivity index (χ2v) is 13.6. The molecule has 1 aliphatic rings. The van der Waals surface area contributed by atoms with Gasteiger partial charge in [-0.25, -0.2) is 25.4 Å². The van der Waals surface area contributed by atoms with Gasteiger partial charge in [0, 0.05) is 37.2 Å². The van der Waals surface area contributed by atoms with Crippen molar-refractivity contribution in [3.8, 4) is 5.75 Å². The summed E-state index contributed by atoms with van der Waals surface area (Å²) in [4.78, 5) is 12.8. The van der Waals surface area contributed by atoms with E-state index < -0.39 is 26.0 Å². The van der Waals surface area contributed by atoms with Crippen LogP contribution in [0.25, 0.3) is 0 Å². The number of piperidine rings is 1. The number of carbonyl (C=O) groups excluding carboxylic acids is 1. The number of halogens is 2. The highest BCUT2D eigenvalue weighted by molar-refractivity contribution is 7.89. The van der Waals surface area contributed by atoms with Crippen LogP contribution in [-0.4, -0.2) is 71.7 Å². The number of carbonyl (C=O) groups is 1. The molecule has 0 unspecified atom stereocenters. The molecule has 9 nitrogen and oxygen atoms in total. The van der Waals surface area contributed by atoms with Crippen molar-refractivity contribution in [2.45, 2.75) is 23.5 Å². The predicted molar refractivity (Wildman–Crippen MR) is 139 cm³/mol. The molecule has 13 heteroatoms. The van der Waals surface area contributed by atoms with Crippen molar-refractivity contribution in [3.63, 3.8) is 0 Å². The molecule has 1 N–H and O–H groups in total. The van der Waals surface area contributed by atoms with Crippen molar-refractivity contribution < 1.29 is 26.4 Å². The number of benzene rings is 2. The Morgan fingerprint density at radius 2 is 1.81 bits per heavy atom. The molecule has 0 aliphatic carbocycles. The molecule has 2 aromatic carbocycles. The third-order valence-electron chi connectivity index (χ3n) is 5.77. The van der Waals surface area contributed by atoms with Gasteiger partial charge in [-0.2, -0.15) is 0 Å². The highest BCUT2D eigenvalue weighted by atomic mass is 35.5. The Balaban J connectivity index is 1.48. The Labute approximate surface area is 222 Å². The molecule has 1 aliphatic heterocycles. The number of ether oxygens (including phenoxy) is 1. The quantitative estimate of drug-likeness (QED) is 0.434. The molecule has 1 amide bonds. The lowest BCUT2D eigenvalue weighted by atomic mass is 9.99. The summed E-state index contributed by atoms with van der Waals surface area (Å²) in [6, 6.07) is 10.7. The highest BCUT2D eigenvalue weighted by Crippen LogP contribution is 2.26. The van der Waals surface area contributed by atoms with E-state index in [1.54, 1.807) is 24.3 Å². The Morgan fingerprint density at radius 1 is 1.11 bits per heavy atom. The molecule has 0 bridgehead atoms. The molecule has 1 saturated heterocycles. The topological polar surface area (TPSA) is 113 Å². The molecule has 0 saturated carbocycles. The van der Waals surface area contributed by atoms with Gasteiger partial charge >= 0.3 is 0 Å². The summed E-state index contributed by atoms with van der Waals surface area (Å²) in [5, 5.41) is 3.50. The molecule has 36 heavy (non-hydrogen) atoms. The first kappa shape index (κ1) is 28.7. The summed E-state index contributed by atoms with van der Waals surface area (Å²) in [5.74, 6) is -0.502. The van der Waals surface area contributed by atoms with E-state index in [9.17, 15) is 21.6 Å². The zero-order valence-corrected chi connectivity index (χ0v) is 23.1. The maximum atomic E-state index is 12.9. The van der Waals surface area contributed by atoms with Crippen LogP contribution in [0.15, 0.2) is 47.4 Å². The zero-order valence-electron chi connectivity index (χ0n) is 20.0. The molecule has 198 valence electrons. The lowest BCUT2D eigenvalue weighted by Gasteiger charge is -2.31. The van der Waals surface area contributed by atoms with E-state index in [1.807, 2.05) is 0 Å². The highest BCUT2D eigenvalue weighted by Gasteiger charge is 2.32. The lowest BCUT2D eigenvalue weighted by Crippen LogP contribution is -2.46. The molecular formula is C23H29Cl2N3O6S2. The summed E-state index contributed by atoms with van der Waals surface area (Å²) in [6.07, 6.45) is 1.16. The first-order valence-electron chi connectivity index (χ1n) is 11.2. The van der Waals surface area contributed by atoms with Gasteiger partial charge in [0.25, 0.3) is 0 Å². The van der Waals surface area contributed by atoms with Crippen LogP contribution in [0.5, 0.6) is 5.75 Å². The maximum Gasteiger partial charge on any atom is 0.242 e. The number of sulfonamides is 2. The van der Waals surface area contributed by atoms with E-state index in [2.05, 4.69) is 5.32 Å². The number of amides is 1. The minimum atomic E-state index is -3.66. The lowest BCUT2D eigenvalue weighted by molar-refractivity contribution is -0.126. The standard InChI is InChI=1S/C23H29Cl2N3O6S2/c1-27(2)36(32,33)21-9-7-20(8-10-21)34-13-11-26-23(29)17-4-3-12-28(15-17)35(30,31)16-18-5-6-19(24)14-22(18)25/h5-10,14,17H,3-4,11-13,15-16H2,1-2H3,(H,26,29)/t17-/m1/s1. The van der Waals surface area contributed by atoms with Crippen molar-refractivity contribution >= 4 is 49.2 Å². The van der Waals surface area contributed by atoms with Gasteiger partial charge in [-0.05, 0) is 54.8 Å². The van der Waals surface area contributed by atoms with Crippen molar-refractivity contribution in [2.75, 3.05) is 40.3 Å². The molecule has 1 heterocycles. The summed E-state index contributed by atoms with van der Waals surface area (Å²) < 4.78 is 58.2. The summed E-state index contributed by atoms with van der Waals surface area (Å²) in [5.41, 5.74) is 0.456. The van der Waals surface area contributed by atoms with Gasteiger partial charge in [-0.3, -0.25) is 4.79 Å². The molecule has 2 aromatic rings. The number of hydrogen-bond acceptors (Lipinski definition) is 6. The minimum absolute atomic E-state index is 0.0992. The number of hydrogen-bond donors (Lipinski definition) is 1. The van der Waals surface area contributed by atoms with Crippen molar-refractivity contribution in [1.82, 2.24) is 13.9 Å². The monoisotopic (exact) mass is 577 g/mol. The van der Waals surface area contributed by atoms with E-state index >= 15 is 0 Å². The fraction of sp³-hybridized carbons (Fsp3) is 0.435. The SMILES string of the molecule is CN(C)S(=O)(=O)c1ccc(OCCNC(=O)[C@@H]2CCCN(S(=O)(=O)Cc3ccc(Cl)cc3Cl)C2)cc1. The second-order valence-electron chi connectivity index (χ2n) is 8.59. The fourth-order valence-electron chi connectivity index (χ4n) is 3.74. The summed E-state index contributed by atoms with van der Waals surface area (Å²) in [7, 11) is -4.27. The van der Waals surface area contributed by atoms with Crippen LogP contribution in [-0.2, 0) is 30.6 Å². The number of rotatable bonds is 10. The average Bonchev–Trinajstić information content (AvgIpc) is 2.83. The largest absolute Gasteiger partial charge is 0.492 e. The Bertz CT molecular complexity index is 1290. The van der Waals surface area contributed by atoms with Gasteiger partial charge < -0.3 is 10.1 Å².